The third-order valence-corrected chi connectivity index (χ3v) is 3.36. The molecular formula is C15H12N2O3. The van der Waals surface area contributed by atoms with Crippen molar-refractivity contribution in [1.29, 1.82) is 0 Å². The first-order valence-electron chi connectivity index (χ1n) is 6.19. The third-order valence-electron chi connectivity index (χ3n) is 3.36. The van der Waals surface area contributed by atoms with Crippen LogP contribution in [0, 0.1) is 0 Å². The average molecular weight is 268 g/mol. The van der Waals surface area contributed by atoms with E-state index in [0.717, 1.165) is 0 Å². The summed E-state index contributed by atoms with van der Waals surface area (Å²) >= 11 is 0. The first-order valence-corrected chi connectivity index (χ1v) is 6.19. The van der Waals surface area contributed by atoms with Gasteiger partial charge in [-0.3, -0.25) is 14.6 Å². The van der Waals surface area contributed by atoms with E-state index in [1.54, 1.807) is 42.5 Å². The van der Waals surface area contributed by atoms with E-state index in [4.69, 9.17) is 0 Å². The Morgan fingerprint density at radius 3 is 2.70 bits per heavy atom. The number of anilines is 1. The highest BCUT2D eigenvalue weighted by Gasteiger charge is 2.46. The summed E-state index contributed by atoms with van der Waals surface area (Å²) in [6.45, 7) is 0. The van der Waals surface area contributed by atoms with Crippen molar-refractivity contribution >= 4 is 17.4 Å². The Morgan fingerprint density at radius 1 is 1.20 bits per heavy atom. The zero-order valence-corrected chi connectivity index (χ0v) is 10.5. The van der Waals surface area contributed by atoms with Gasteiger partial charge in [-0.1, -0.05) is 24.3 Å². The third kappa shape index (κ3) is 1.88. The van der Waals surface area contributed by atoms with Crippen molar-refractivity contribution in [2.45, 2.75) is 12.0 Å². The zero-order chi connectivity index (χ0) is 14.2. The number of carbonyl (C=O) groups excluding carboxylic acids is 2. The zero-order valence-electron chi connectivity index (χ0n) is 10.5. The van der Waals surface area contributed by atoms with Gasteiger partial charge in [0.25, 0.3) is 5.91 Å². The van der Waals surface area contributed by atoms with Crippen LogP contribution in [0.2, 0.25) is 0 Å². The number of benzene rings is 1. The van der Waals surface area contributed by atoms with Gasteiger partial charge in [0.05, 0.1) is 6.42 Å². The number of aromatic nitrogens is 1. The summed E-state index contributed by atoms with van der Waals surface area (Å²) in [6, 6.07) is 11.7. The molecule has 2 aromatic rings. The minimum Gasteiger partial charge on any atom is -0.375 e. The maximum Gasteiger partial charge on any atom is 0.261 e. The van der Waals surface area contributed by atoms with Crippen LogP contribution in [0.15, 0.2) is 48.7 Å². The van der Waals surface area contributed by atoms with E-state index in [1.165, 1.54) is 6.20 Å². The Bertz CT molecular complexity index is 685. The lowest BCUT2D eigenvalue weighted by Crippen LogP contribution is -2.36. The molecule has 2 N–H and O–H groups in total. The first-order chi connectivity index (χ1) is 9.61. The van der Waals surface area contributed by atoms with E-state index in [9.17, 15) is 14.7 Å². The van der Waals surface area contributed by atoms with Crippen molar-refractivity contribution in [2.24, 2.45) is 0 Å². The number of ketones is 1. The number of hydrogen-bond donors (Lipinski definition) is 2. The number of nitrogens with one attached hydrogen (secondary N) is 1. The molecule has 0 fully saturated rings. The minimum atomic E-state index is -1.83. The van der Waals surface area contributed by atoms with Crippen LogP contribution in [-0.4, -0.2) is 21.8 Å². The van der Waals surface area contributed by atoms with Gasteiger partial charge in [-0.15, -0.1) is 0 Å². The van der Waals surface area contributed by atoms with Crippen molar-refractivity contribution < 1.29 is 14.7 Å². The second-order valence-corrected chi connectivity index (χ2v) is 4.67. The molecule has 0 saturated carbocycles. The van der Waals surface area contributed by atoms with Crippen LogP contribution >= 0.6 is 0 Å². The van der Waals surface area contributed by atoms with Gasteiger partial charge >= 0.3 is 0 Å². The summed E-state index contributed by atoms with van der Waals surface area (Å²) in [6.07, 6.45) is 1.17. The summed E-state index contributed by atoms with van der Waals surface area (Å²) in [5.41, 5.74) is -0.633. The molecule has 1 aromatic carbocycles. The molecule has 0 spiro atoms. The Kier molecular flexibility index (Phi) is 2.84. The molecule has 20 heavy (non-hydrogen) atoms. The number of rotatable bonds is 3. The Balaban J connectivity index is 1.94. The van der Waals surface area contributed by atoms with Crippen molar-refractivity contribution in [1.82, 2.24) is 4.98 Å². The molecule has 1 aromatic heterocycles. The number of amides is 1. The average Bonchev–Trinajstić information content (AvgIpc) is 2.72. The van der Waals surface area contributed by atoms with Crippen LogP contribution in [0.3, 0.4) is 0 Å². The number of para-hydroxylation sites is 1. The largest absolute Gasteiger partial charge is 0.375 e. The summed E-state index contributed by atoms with van der Waals surface area (Å²) in [5, 5.41) is 13.2. The lowest BCUT2D eigenvalue weighted by molar-refractivity contribution is -0.133. The summed E-state index contributed by atoms with van der Waals surface area (Å²) in [7, 11) is 0. The molecule has 0 bridgehead atoms. The molecular weight excluding hydrogens is 256 g/mol. The van der Waals surface area contributed by atoms with Crippen LogP contribution in [-0.2, 0) is 10.4 Å². The molecule has 1 aliphatic heterocycles. The van der Waals surface area contributed by atoms with E-state index < -0.39 is 11.5 Å². The minimum absolute atomic E-state index is 0.234. The van der Waals surface area contributed by atoms with Gasteiger partial charge < -0.3 is 10.4 Å². The van der Waals surface area contributed by atoms with Gasteiger partial charge in [0.1, 0.15) is 5.69 Å². The molecule has 0 unspecified atom stereocenters. The van der Waals surface area contributed by atoms with Crippen LogP contribution < -0.4 is 5.32 Å². The lowest BCUT2D eigenvalue weighted by atomic mass is 9.89. The first kappa shape index (κ1) is 12.5. The van der Waals surface area contributed by atoms with Gasteiger partial charge in [-0.2, -0.15) is 0 Å². The quantitative estimate of drug-likeness (QED) is 0.827. The molecule has 2 heterocycles. The predicted octanol–water partition coefficient (Wildman–Crippen LogP) is 1.49. The highest BCUT2D eigenvalue weighted by molar-refractivity contribution is 6.08. The molecule has 5 heteroatoms. The Hall–Kier alpha value is -2.53. The Morgan fingerprint density at radius 2 is 1.95 bits per heavy atom. The fourth-order valence-electron chi connectivity index (χ4n) is 2.33. The molecule has 3 rings (SSSR count). The number of Topliss-reactive ketones (excluding diaryl/α,β-unsaturated/α-hetero) is 1. The van der Waals surface area contributed by atoms with Crippen LogP contribution in [0.4, 0.5) is 5.69 Å². The van der Waals surface area contributed by atoms with Crippen molar-refractivity contribution in [3.8, 4) is 0 Å². The number of fused-ring (bicyclic) bond motifs is 1. The van der Waals surface area contributed by atoms with Crippen molar-refractivity contribution in [3.05, 3.63) is 59.9 Å². The van der Waals surface area contributed by atoms with Crippen LogP contribution in [0.5, 0.6) is 0 Å². The van der Waals surface area contributed by atoms with E-state index in [-0.39, 0.29) is 17.9 Å². The lowest BCUT2D eigenvalue weighted by Gasteiger charge is -2.19. The second-order valence-electron chi connectivity index (χ2n) is 4.67. The van der Waals surface area contributed by atoms with Crippen molar-refractivity contribution in [3.63, 3.8) is 0 Å². The van der Waals surface area contributed by atoms with Gasteiger partial charge in [0.2, 0.25) is 0 Å². The smallest absolute Gasteiger partial charge is 0.261 e. The normalized spacial score (nSPS) is 20.4. The highest BCUT2D eigenvalue weighted by Crippen LogP contribution is 2.38. The van der Waals surface area contributed by atoms with E-state index in [1.807, 2.05) is 0 Å². The number of pyridine rings is 1. The molecule has 100 valence electrons. The molecule has 1 amide bonds. The maximum atomic E-state index is 12.2. The molecule has 1 atom stereocenters. The number of aliphatic hydroxyl groups is 1. The standard InChI is InChI=1S/C15H12N2O3/c18-13(12-7-3-4-8-16-12)9-15(20)10-5-1-2-6-11(10)17-14(15)19/h1-8,20H,9H2,(H,17,19)/t15-/m1/s1. The van der Waals surface area contributed by atoms with Crippen LogP contribution in [0.25, 0.3) is 0 Å². The molecule has 1 aliphatic rings. The summed E-state index contributed by atoms with van der Waals surface area (Å²) in [5.74, 6) is -0.956. The SMILES string of the molecule is O=C(C[C@]1(O)C(=O)Nc2ccccc21)c1ccccn1. The van der Waals surface area contributed by atoms with Crippen LogP contribution in [0.1, 0.15) is 22.5 Å². The molecule has 0 saturated heterocycles. The van der Waals surface area contributed by atoms with Gasteiger partial charge in [-0.05, 0) is 18.2 Å². The Labute approximate surface area is 115 Å². The van der Waals surface area contributed by atoms with Crippen molar-refractivity contribution in [2.75, 3.05) is 5.32 Å². The predicted molar refractivity (Wildman–Crippen MR) is 72.2 cm³/mol. The van der Waals surface area contributed by atoms with E-state index in [0.29, 0.717) is 11.3 Å². The summed E-state index contributed by atoms with van der Waals surface area (Å²) in [4.78, 5) is 28.1. The summed E-state index contributed by atoms with van der Waals surface area (Å²) < 4.78 is 0. The fourth-order valence-corrected chi connectivity index (χ4v) is 2.33. The molecule has 0 aliphatic carbocycles. The monoisotopic (exact) mass is 268 g/mol. The van der Waals surface area contributed by atoms with Gasteiger partial charge in [-0.25, -0.2) is 0 Å². The number of carbonyl (C=O) groups is 2. The highest BCUT2D eigenvalue weighted by atomic mass is 16.3. The van der Waals surface area contributed by atoms with Gasteiger partial charge in [0, 0.05) is 17.4 Å². The fraction of sp³-hybridized carbons (Fsp3) is 0.133. The van der Waals surface area contributed by atoms with E-state index >= 15 is 0 Å². The number of nitrogens with zero attached hydrogens (tertiary/aromatic N) is 1. The molecule has 0 radical (unpaired) electrons. The van der Waals surface area contributed by atoms with Gasteiger partial charge in [0.15, 0.2) is 11.4 Å². The topological polar surface area (TPSA) is 79.3 Å². The second kappa shape index (κ2) is 4.54. The number of hydrogen-bond acceptors (Lipinski definition) is 4. The maximum absolute atomic E-state index is 12.2. The molecule has 5 nitrogen and oxygen atoms in total. The van der Waals surface area contributed by atoms with E-state index in [2.05, 4.69) is 10.3 Å².